The Bertz CT molecular complexity index is 928. The number of imidazole rings is 1. The van der Waals surface area contributed by atoms with E-state index in [0.717, 1.165) is 28.9 Å². The molecule has 0 aliphatic carbocycles. The number of hydrogen-bond donors (Lipinski definition) is 0. The van der Waals surface area contributed by atoms with Gasteiger partial charge in [0.15, 0.2) is 0 Å². The van der Waals surface area contributed by atoms with Gasteiger partial charge in [0.2, 0.25) is 0 Å². The van der Waals surface area contributed by atoms with Crippen LogP contribution in [0.15, 0.2) is 48.5 Å². The van der Waals surface area contributed by atoms with Gasteiger partial charge in [-0.25, -0.2) is 4.98 Å². The number of aromatic nitrogens is 2. The molecule has 5 heteroatoms. The van der Waals surface area contributed by atoms with Crippen LogP contribution in [0.2, 0.25) is 0 Å². The quantitative estimate of drug-likeness (QED) is 0.671. The van der Waals surface area contributed by atoms with Gasteiger partial charge < -0.3 is 13.9 Å². The molecule has 1 aliphatic heterocycles. The van der Waals surface area contributed by atoms with Gasteiger partial charge in [-0.15, -0.1) is 0 Å². The van der Waals surface area contributed by atoms with Gasteiger partial charge in [0, 0.05) is 12.1 Å². The second-order valence-electron chi connectivity index (χ2n) is 7.88. The molecule has 134 valence electrons. The van der Waals surface area contributed by atoms with Crippen LogP contribution < -0.4 is 5.46 Å². The topological polar surface area (TPSA) is 36.3 Å². The second-order valence-corrected chi connectivity index (χ2v) is 7.88. The Morgan fingerprint density at radius 1 is 0.923 bits per heavy atom. The SMILES string of the molecule is CCn1c(-c2ccc(B3OC(C)(C)C(C)(C)O3)cc2)nc2ccccc21. The Balaban J connectivity index is 1.67. The van der Waals surface area contributed by atoms with Crippen LogP contribution in [0.25, 0.3) is 22.4 Å². The van der Waals surface area contributed by atoms with Crippen molar-refractivity contribution in [3.8, 4) is 11.4 Å². The van der Waals surface area contributed by atoms with E-state index in [1.807, 2.05) is 6.07 Å². The van der Waals surface area contributed by atoms with Crippen LogP contribution in [0.3, 0.4) is 0 Å². The standard InChI is InChI=1S/C21H25BN2O2/c1-6-24-18-10-8-7-9-17(18)23-19(24)15-11-13-16(14-12-15)22-25-20(2,3)21(4,5)26-22/h7-14H,6H2,1-5H3. The van der Waals surface area contributed by atoms with Crippen LogP contribution in [-0.2, 0) is 15.9 Å². The van der Waals surface area contributed by atoms with Gasteiger partial charge in [-0.05, 0) is 52.2 Å². The molecule has 0 saturated carbocycles. The minimum atomic E-state index is -0.334. The molecule has 2 heterocycles. The van der Waals surface area contributed by atoms with E-state index in [9.17, 15) is 0 Å². The van der Waals surface area contributed by atoms with Gasteiger partial charge in [-0.1, -0.05) is 36.4 Å². The summed E-state index contributed by atoms with van der Waals surface area (Å²) in [6, 6.07) is 16.6. The molecule has 1 aliphatic rings. The highest BCUT2D eigenvalue weighted by molar-refractivity contribution is 6.62. The predicted octanol–water partition coefficient (Wildman–Crippen LogP) is 4.02. The molecular formula is C21H25BN2O2. The zero-order chi connectivity index (χ0) is 18.5. The molecular weight excluding hydrogens is 323 g/mol. The van der Waals surface area contributed by atoms with Gasteiger partial charge >= 0.3 is 7.12 Å². The van der Waals surface area contributed by atoms with Crippen molar-refractivity contribution in [2.45, 2.75) is 52.4 Å². The summed E-state index contributed by atoms with van der Waals surface area (Å²) in [6.07, 6.45) is 0. The van der Waals surface area contributed by atoms with Crippen LogP contribution in [-0.4, -0.2) is 27.9 Å². The summed E-state index contributed by atoms with van der Waals surface area (Å²) < 4.78 is 14.5. The van der Waals surface area contributed by atoms with Gasteiger partial charge in [0.25, 0.3) is 0 Å². The fraction of sp³-hybridized carbons (Fsp3) is 0.381. The fourth-order valence-corrected chi connectivity index (χ4v) is 3.38. The third-order valence-corrected chi connectivity index (χ3v) is 5.67. The van der Waals surface area contributed by atoms with Gasteiger partial charge in [-0.3, -0.25) is 0 Å². The maximum absolute atomic E-state index is 6.15. The average Bonchev–Trinajstić information content (AvgIpc) is 3.09. The van der Waals surface area contributed by atoms with Crippen molar-refractivity contribution in [3.63, 3.8) is 0 Å². The van der Waals surface area contributed by atoms with Crippen molar-refractivity contribution >= 4 is 23.6 Å². The smallest absolute Gasteiger partial charge is 0.399 e. The van der Waals surface area contributed by atoms with E-state index in [4.69, 9.17) is 14.3 Å². The monoisotopic (exact) mass is 348 g/mol. The molecule has 4 nitrogen and oxygen atoms in total. The van der Waals surface area contributed by atoms with E-state index >= 15 is 0 Å². The first-order valence-electron chi connectivity index (χ1n) is 9.23. The predicted molar refractivity (Wildman–Crippen MR) is 107 cm³/mol. The van der Waals surface area contributed by atoms with E-state index in [2.05, 4.69) is 81.7 Å². The highest BCUT2D eigenvalue weighted by Gasteiger charge is 2.51. The molecule has 1 fully saturated rings. The fourth-order valence-electron chi connectivity index (χ4n) is 3.38. The van der Waals surface area contributed by atoms with Crippen molar-refractivity contribution < 1.29 is 9.31 Å². The maximum atomic E-state index is 6.15. The Morgan fingerprint density at radius 3 is 2.15 bits per heavy atom. The van der Waals surface area contributed by atoms with Crippen LogP contribution in [0, 0.1) is 0 Å². The maximum Gasteiger partial charge on any atom is 0.494 e. The average molecular weight is 348 g/mol. The first-order chi connectivity index (χ1) is 12.3. The molecule has 0 atom stereocenters. The summed E-state index contributed by atoms with van der Waals surface area (Å²) >= 11 is 0. The molecule has 3 aromatic rings. The zero-order valence-electron chi connectivity index (χ0n) is 16.1. The molecule has 0 spiro atoms. The molecule has 1 saturated heterocycles. The number of hydrogen-bond acceptors (Lipinski definition) is 3. The lowest BCUT2D eigenvalue weighted by molar-refractivity contribution is 0.00578. The van der Waals surface area contributed by atoms with E-state index in [0.29, 0.717) is 0 Å². The zero-order valence-corrected chi connectivity index (χ0v) is 16.1. The molecule has 0 radical (unpaired) electrons. The van der Waals surface area contributed by atoms with Crippen molar-refractivity contribution in [1.29, 1.82) is 0 Å². The summed E-state index contributed by atoms with van der Waals surface area (Å²) in [7, 11) is -0.334. The molecule has 0 amide bonds. The lowest BCUT2D eigenvalue weighted by atomic mass is 9.79. The lowest BCUT2D eigenvalue weighted by Gasteiger charge is -2.32. The van der Waals surface area contributed by atoms with Crippen LogP contribution in [0.1, 0.15) is 34.6 Å². The molecule has 0 unspecified atom stereocenters. The van der Waals surface area contributed by atoms with E-state index in [1.165, 1.54) is 5.52 Å². The number of benzene rings is 2. The van der Waals surface area contributed by atoms with Crippen molar-refractivity contribution in [2.24, 2.45) is 0 Å². The molecule has 0 N–H and O–H groups in total. The number of fused-ring (bicyclic) bond motifs is 1. The van der Waals surface area contributed by atoms with E-state index in [-0.39, 0.29) is 18.3 Å². The van der Waals surface area contributed by atoms with Crippen LogP contribution >= 0.6 is 0 Å². The van der Waals surface area contributed by atoms with E-state index < -0.39 is 0 Å². The summed E-state index contributed by atoms with van der Waals surface area (Å²) in [5.41, 5.74) is 3.67. The molecule has 1 aromatic heterocycles. The summed E-state index contributed by atoms with van der Waals surface area (Å²) in [4.78, 5) is 4.83. The summed E-state index contributed by atoms with van der Waals surface area (Å²) in [6.45, 7) is 11.3. The molecule has 4 rings (SSSR count). The Kier molecular flexibility index (Phi) is 3.97. The highest BCUT2D eigenvalue weighted by atomic mass is 16.7. The largest absolute Gasteiger partial charge is 0.494 e. The summed E-state index contributed by atoms with van der Waals surface area (Å²) in [5.74, 6) is 0.995. The molecule has 0 bridgehead atoms. The van der Waals surface area contributed by atoms with Crippen molar-refractivity contribution in [1.82, 2.24) is 9.55 Å². The Hall–Kier alpha value is -2.11. The Morgan fingerprint density at radius 2 is 1.54 bits per heavy atom. The van der Waals surface area contributed by atoms with Gasteiger partial charge in [0.05, 0.1) is 22.2 Å². The first kappa shape index (κ1) is 17.3. The number of rotatable bonds is 3. The first-order valence-corrected chi connectivity index (χ1v) is 9.23. The second kappa shape index (κ2) is 5.97. The minimum absolute atomic E-state index is 0.327. The number of nitrogens with zero attached hydrogens (tertiary/aromatic N) is 2. The van der Waals surface area contributed by atoms with Crippen molar-refractivity contribution in [3.05, 3.63) is 48.5 Å². The van der Waals surface area contributed by atoms with E-state index in [1.54, 1.807) is 0 Å². The van der Waals surface area contributed by atoms with Gasteiger partial charge in [-0.2, -0.15) is 0 Å². The van der Waals surface area contributed by atoms with Crippen molar-refractivity contribution in [2.75, 3.05) is 0 Å². The number of para-hydroxylation sites is 2. The number of aryl methyl sites for hydroxylation is 1. The highest BCUT2D eigenvalue weighted by Crippen LogP contribution is 2.36. The van der Waals surface area contributed by atoms with Crippen LogP contribution in [0.5, 0.6) is 0 Å². The third-order valence-electron chi connectivity index (χ3n) is 5.67. The van der Waals surface area contributed by atoms with Gasteiger partial charge in [0.1, 0.15) is 5.82 Å². The third kappa shape index (κ3) is 2.66. The van der Waals surface area contributed by atoms with Crippen LogP contribution in [0.4, 0.5) is 0 Å². The normalized spacial score (nSPS) is 18.6. The molecule has 26 heavy (non-hydrogen) atoms. The Labute approximate surface area is 155 Å². The summed E-state index contributed by atoms with van der Waals surface area (Å²) in [5, 5.41) is 0. The lowest BCUT2D eigenvalue weighted by Crippen LogP contribution is -2.41. The minimum Gasteiger partial charge on any atom is -0.399 e. The molecule has 2 aromatic carbocycles.